The van der Waals surface area contributed by atoms with Gasteiger partial charge in [0, 0.05) is 0 Å². The van der Waals surface area contributed by atoms with E-state index >= 15 is 0 Å². The van der Waals surface area contributed by atoms with E-state index in [2.05, 4.69) is 0 Å². The van der Waals surface area contributed by atoms with Gasteiger partial charge in [0.05, 0.1) is 19.7 Å². The average molecular weight is 250 g/mol. The molecule has 1 N–H and O–H groups in total. The largest absolute Gasteiger partial charge is 0.490 e. The topological polar surface area (TPSA) is 22.9 Å². The van der Waals surface area contributed by atoms with Gasteiger partial charge < -0.3 is 14.4 Å². The minimum absolute atomic E-state index is 0.678. The zero-order valence-electron chi connectivity index (χ0n) is 11.3. The third-order valence-electron chi connectivity index (χ3n) is 3.42. The molecule has 1 aromatic rings. The Morgan fingerprint density at radius 3 is 2.33 bits per heavy atom. The number of nitrogens with one attached hydrogen (secondary N) is 1. The van der Waals surface area contributed by atoms with Crippen LogP contribution in [-0.4, -0.2) is 32.8 Å². The monoisotopic (exact) mass is 250 g/mol. The molecule has 100 valence electrons. The molecular formula is C15H24NO2+. The summed E-state index contributed by atoms with van der Waals surface area (Å²) in [7, 11) is 0. The van der Waals surface area contributed by atoms with Crippen molar-refractivity contribution in [1.82, 2.24) is 0 Å². The van der Waals surface area contributed by atoms with Crippen molar-refractivity contribution in [2.45, 2.75) is 26.2 Å². The Kier molecular flexibility index (Phi) is 5.34. The standard InChI is InChI=1S/C15H23NO2/c1-2-17-14-8-4-5-9-15(14)18-13-12-16-10-6-3-7-11-16/h4-5,8-9H,2-3,6-7,10-13H2,1H3/p+1. The maximum absolute atomic E-state index is 5.85. The van der Waals surface area contributed by atoms with Crippen LogP contribution in [0.4, 0.5) is 0 Å². The first-order valence-corrected chi connectivity index (χ1v) is 7.08. The second kappa shape index (κ2) is 7.27. The van der Waals surface area contributed by atoms with Crippen LogP contribution in [0.2, 0.25) is 0 Å². The lowest BCUT2D eigenvalue weighted by Gasteiger charge is -2.23. The Bertz CT molecular complexity index is 348. The van der Waals surface area contributed by atoms with E-state index < -0.39 is 0 Å². The number of piperidine rings is 1. The van der Waals surface area contributed by atoms with E-state index in [0.717, 1.165) is 24.7 Å². The third-order valence-corrected chi connectivity index (χ3v) is 3.42. The molecule has 2 rings (SSSR count). The molecule has 3 nitrogen and oxygen atoms in total. The number of quaternary nitrogens is 1. The molecule has 0 aliphatic carbocycles. The van der Waals surface area contributed by atoms with Crippen LogP contribution >= 0.6 is 0 Å². The molecule has 1 aliphatic heterocycles. The van der Waals surface area contributed by atoms with Crippen molar-refractivity contribution in [1.29, 1.82) is 0 Å². The van der Waals surface area contributed by atoms with Crippen LogP contribution < -0.4 is 14.4 Å². The van der Waals surface area contributed by atoms with Crippen LogP contribution in [0, 0.1) is 0 Å². The second-order valence-corrected chi connectivity index (χ2v) is 4.79. The lowest BCUT2D eigenvalue weighted by molar-refractivity contribution is -0.904. The molecule has 1 fully saturated rings. The molecule has 3 heteroatoms. The van der Waals surface area contributed by atoms with E-state index in [0.29, 0.717) is 6.61 Å². The molecule has 1 saturated heterocycles. The Balaban J connectivity index is 1.78. The highest BCUT2D eigenvalue weighted by atomic mass is 16.5. The van der Waals surface area contributed by atoms with Gasteiger partial charge >= 0.3 is 0 Å². The van der Waals surface area contributed by atoms with E-state index in [1.807, 2.05) is 31.2 Å². The van der Waals surface area contributed by atoms with Crippen LogP contribution in [0.15, 0.2) is 24.3 Å². The number of likely N-dealkylation sites (tertiary alicyclic amines) is 1. The third kappa shape index (κ3) is 3.91. The van der Waals surface area contributed by atoms with E-state index in [-0.39, 0.29) is 0 Å². The quantitative estimate of drug-likeness (QED) is 0.827. The van der Waals surface area contributed by atoms with Gasteiger partial charge in [0.1, 0.15) is 13.2 Å². The van der Waals surface area contributed by atoms with Gasteiger partial charge in [-0.2, -0.15) is 0 Å². The van der Waals surface area contributed by atoms with Crippen LogP contribution in [0.25, 0.3) is 0 Å². The Morgan fingerprint density at radius 1 is 1.00 bits per heavy atom. The van der Waals surface area contributed by atoms with Crippen molar-refractivity contribution >= 4 is 0 Å². The minimum Gasteiger partial charge on any atom is -0.490 e. The predicted molar refractivity (Wildman–Crippen MR) is 72.5 cm³/mol. The zero-order chi connectivity index (χ0) is 12.6. The highest BCUT2D eigenvalue weighted by molar-refractivity contribution is 5.39. The van der Waals surface area contributed by atoms with Gasteiger partial charge in [-0.1, -0.05) is 12.1 Å². The van der Waals surface area contributed by atoms with Gasteiger partial charge in [0.25, 0.3) is 0 Å². The fraction of sp³-hybridized carbons (Fsp3) is 0.600. The van der Waals surface area contributed by atoms with Crippen LogP contribution in [-0.2, 0) is 0 Å². The van der Waals surface area contributed by atoms with Crippen molar-refractivity contribution in [2.24, 2.45) is 0 Å². The molecular weight excluding hydrogens is 226 g/mol. The molecule has 0 bridgehead atoms. The van der Waals surface area contributed by atoms with Crippen molar-refractivity contribution < 1.29 is 14.4 Å². The second-order valence-electron chi connectivity index (χ2n) is 4.79. The molecule has 18 heavy (non-hydrogen) atoms. The number of hydrogen-bond acceptors (Lipinski definition) is 2. The highest BCUT2D eigenvalue weighted by Crippen LogP contribution is 2.25. The predicted octanol–water partition coefficient (Wildman–Crippen LogP) is 1.53. The molecule has 0 spiro atoms. The number of hydrogen-bond donors (Lipinski definition) is 1. The fourth-order valence-electron chi connectivity index (χ4n) is 2.45. The van der Waals surface area contributed by atoms with Crippen molar-refractivity contribution in [3.8, 4) is 11.5 Å². The van der Waals surface area contributed by atoms with Gasteiger partial charge in [-0.25, -0.2) is 0 Å². The van der Waals surface area contributed by atoms with Gasteiger partial charge in [0.15, 0.2) is 11.5 Å². The normalized spacial score (nSPS) is 16.5. The molecule has 0 atom stereocenters. The summed E-state index contributed by atoms with van der Waals surface area (Å²) >= 11 is 0. The Hall–Kier alpha value is -1.22. The number of para-hydroxylation sites is 2. The molecule has 0 unspecified atom stereocenters. The van der Waals surface area contributed by atoms with Gasteiger partial charge in [-0.05, 0) is 38.3 Å². The zero-order valence-corrected chi connectivity index (χ0v) is 11.3. The summed E-state index contributed by atoms with van der Waals surface area (Å²) in [6.07, 6.45) is 4.13. The maximum atomic E-state index is 5.85. The molecule has 1 heterocycles. The average Bonchev–Trinajstić information content (AvgIpc) is 2.42. The maximum Gasteiger partial charge on any atom is 0.161 e. The summed E-state index contributed by atoms with van der Waals surface area (Å²) in [6, 6.07) is 7.92. The van der Waals surface area contributed by atoms with Gasteiger partial charge in [-0.15, -0.1) is 0 Å². The van der Waals surface area contributed by atoms with E-state index in [1.54, 1.807) is 4.90 Å². The van der Waals surface area contributed by atoms with Crippen LogP contribution in [0.3, 0.4) is 0 Å². The first kappa shape index (κ1) is 13.2. The van der Waals surface area contributed by atoms with Crippen molar-refractivity contribution in [3.05, 3.63) is 24.3 Å². The molecule has 0 aromatic heterocycles. The molecule has 1 aromatic carbocycles. The van der Waals surface area contributed by atoms with Crippen molar-refractivity contribution in [2.75, 3.05) is 32.8 Å². The number of rotatable bonds is 6. The molecule has 0 radical (unpaired) electrons. The summed E-state index contributed by atoms with van der Waals surface area (Å²) in [5.41, 5.74) is 0. The molecule has 0 saturated carbocycles. The van der Waals surface area contributed by atoms with Gasteiger partial charge in [0.2, 0.25) is 0 Å². The molecule has 0 amide bonds. The number of benzene rings is 1. The summed E-state index contributed by atoms with van der Waals surface area (Å²) in [5.74, 6) is 1.73. The summed E-state index contributed by atoms with van der Waals surface area (Å²) < 4.78 is 11.4. The van der Waals surface area contributed by atoms with Crippen LogP contribution in [0.5, 0.6) is 11.5 Å². The smallest absolute Gasteiger partial charge is 0.161 e. The fourth-order valence-corrected chi connectivity index (χ4v) is 2.45. The number of ether oxygens (including phenoxy) is 2. The van der Waals surface area contributed by atoms with E-state index in [4.69, 9.17) is 9.47 Å². The van der Waals surface area contributed by atoms with Gasteiger partial charge in [-0.3, -0.25) is 0 Å². The SMILES string of the molecule is CCOc1ccccc1OCC[NH+]1CCCCC1. The summed E-state index contributed by atoms with van der Waals surface area (Å²) in [5, 5.41) is 0. The highest BCUT2D eigenvalue weighted by Gasteiger charge is 2.13. The first-order valence-electron chi connectivity index (χ1n) is 7.08. The lowest BCUT2D eigenvalue weighted by Crippen LogP contribution is -3.13. The Labute approximate surface area is 110 Å². The first-order chi connectivity index (χ1) is 8.90. The van der Waals surface area contributed by atoms with Crippen LogP contribution in [0.1, 0.15) is 26.2 Å². The Morgan fingerprint density at radius 2 is 1.67 bits per heavy atom. The minimum atomic E-state index is 0.678. The van der Waals surface area contributed by atoms with Crippen molar-refractivity contribution in [3.63, 3.8) is 0 Å². The van der Waals surface area contributed by atoms with E-state index in [1.165, 1.54) is 32.4 Å². The summed E-state index contributed by atoms with van der Waals surface area (Å²) in [4.78, 5) is 1.68. The van der Waals surface area contributed by atoms with E-state index in [9.17, 15) is 0 Å². The molecule has 1 aliphatic rings. The lowest BCUT2D eigenvalue weighted by atomic mass is 10.1. The summed E-state index contributed by atoms with van der Waals surface area (Å²) in [6.45, 7) is 7.15.